The maximum Gasteiger partial charge on any atom is 2.00 e. The molecule has 0 bridgehead atoms. The molecular formula is C64H102BaO6S2. The summed E-state index contributed by atoms with van der Waals surface area (Å²) >= 11 is 0. The Balaban J connectivity index is 0.000000493. The summed E-state index contributed by atoms with van der Waals surface area (Å²) in [5.41, 5.74) is 4.32. The van der Waals surface area contributed by atoms with Crippen LogP contribution in [-0.2, 0) is 45.9 Å². The molecule has 0 amide bonds. The summed E-state index contributed by atoms with van der Waals surface area (Å²) in [4.78, 5) is -0.0836. The Kier molecular flexibility index (Phi) is 38.9. The van der Waals surface area contributed by atoms with Gasteiger partial charge in [0.25, 0.3) is 0 Å². The fourth-order valence-corrected chi connectivity index (χ4v) is 12.1. The van der Waals surface area contributed by atoms with Gasteiger partial charge in [0.05, 0.1) is 9.79 Å². The van der Waals surface area contributed by atoms with Gasteiger partial charge in [0.1, 0.15) is 20.2 Å². The van der Waals surface area contributed by atoms with Crippen molar-refractivity contribution in [3.05, 3.63) is 82.9 Å². The normalized spacial score (nSPS) is 11.8. The predicted octanol–water partition coefficient (Wildman–Crippen LogP) is 19.4. The molecule has 9 heteroatoms. The van der Waals surface area contributed by atoms with Crippen LogP contribution in [0.4, 0.5) is 0 Å². The van der Waals surface area contributed by atoms with Gasteiger partial charge in [-0.3, -0.25) is 0 Å². The van der Waals surface area contributed by atoms with E-state index in [-0.39, 0.29) is 58.7 Å². The van der Waals surface area contributed by atoms with Crippen molar-refractivity contribution in [3.8, 4) is 0 Å². The molecule has 4 rings (SSSR count). The van der Waals surface area contributed by atoms with Crippen LogP contribution in [-0.4, -0.2) is 74.8 Å². The van der Waals surface area contributed by atoms with Gasteiger partial charge in [-0.15, -0.1) is 0 Å². The summed E-state index contributed by atoms with van der Waals surface area (Å²) in [6, 6.07) is 19.2. The molecule has 4 aromatic rings. The molecule has 0 aliphatic carbocycles. The minimum atomic E-state index is -4.51. The van der Waals surface area contributed by atoms with Crippen LogP contribution in [0.15, 0.2) is 70.5 Å². The summed E-state index contributed by atoms with van der Waals surface area (Å²) in [6.07, 6.45) is 49.4. The van der Waals surface area contributed by atoms with E-state index < -0.39 is 20.2 Å². The van der Waals surface area contributed by atoms with Crippen LogP contribution in [0.5, 0.6) is 0 Å². The van der Waals surface area contributed by atoms with Gasteiger partial charge in [-0.05, 0) is 107 Å². The Labute approximate surface area is 489 Å². The Hall–Kier alpha value is -1.21. The molecule has 6 nitrogen and oxygen atoms in total. The fraction of sp³-hybridized carbons (Fsp3) is 0.688. The van der Waals surface area contributed by atoms with E-state index in [0.717, 1.165) is 86.1 Å². The minimum Gasteiger partial charge on any atom is -0.744 e. The van der Waals surface area contributed by atoms with E-state index in [0.29, 0.717) is 10.8 Å². The van der Waals surface area contributed by atoms with E-state index in [1.807, 2.05) is 12.1 Å². The van der Waals surface area contributed by atoms with Crippen molar-refractivity contribution in [1.82, 2.24) is 0 Å². The van der Waals surface area contributed by atoms with E-state index in [4.69, 9.17) is 0 Å². The first-order valence-electron chi connectivity index (χ1n) is 29.9. The van der Waals surface area contributed by atoms with Gasteiger partial charge in [-0.1, -0.05) is 282 Å². The minimum absolute atomic E-state index is 0. The van der Waals surface area contributed by atoms with Crippen LogP contribution < -0.4 is 0 Å². The topological polar surface area (TPSA) is 114 Å². The summed E-state index contributed by atoms with van der Waals surface area (Å²) in [6.45, 7) is 9.00. The van der Waals surface area contributed by atoms with Crippen molar-refractivity contribution in [1.29, 1.82) is 0 Å². The van der Waals surface area contributed by atoms with Crippen molar-refractivity contribution < 1.29 is 25.9 Å². The summed E-state index contributed by atoms with van der Waals surface area (Å²) < 4.78 is 72.6. The molecule has 73 heavy (non-hydrogen) atoms. The third kappa shape index (κ3) is 29.4. The molecular weight excluding hydrogens is 1070 g/mol. The van der Waals surface area contributed by atoms with Crippen LogP contribution in [0.2, 0.25) is 0 Å². The molecule has 0 N–H and O–H groups in total. The zero-order valence-electron chi connectivity index (χ0n) is 47.0. The van der Waals surface area contributed by atoms with Crippen LogP contribution in [0.25, 0.3) is 21.5 Å². The molecule has 0 radical (unpaired) electrons. The van der Waals surface area contributed by atoms with Crippen molar-refractivity contribution in [3.63, 3.8) is 0 Å². The Bertz CT molecular complexity index is 2100. The maximum absolute atomic E-state index is 12.1. The van der Waals surface area contributed by atoms with E-state index in [9.17, 15) is 25.9 Å². The molecule has 0 unspecified atom stereocenters. The smallest absolute Gasteiger partial charge is 0.744 e. The molecule has 0 saturated carbocycles. The second-order valence-corrected chi connectivity index (χ2v) is 24.1. The third-order valence-corrected chi connectivity index (χ3v) is 16.7. The largest absolute Gasteiger partial charge is 2.00 e. The number of benzene rings is 4. The predicted molar refractivity (Wildman–Crippen MR) is 313 cm³/mol. The standard InChI is InChI=1S/2C32H52O3S.Ba/c2*1-3-5-7-9-11-13-15-17-19-22-28-26-31-29(23-20-18-16-14-12-10-8-6-4-2)24-21-25-30(31)32(27-28)36(33,34)35;/h2*21,24-27H,3-20,22-23H2,1-2H3,(H,33,34,35);/q;;+2/p-2. The molecule has 4 aromatic carbocycles. The Morgan fingerprint density at radius 3 is 0.781 bits per heavy atom. The van der Waals surface area contributed by atoms with E-state index >= 15 is 0 Å². The van der Waals surface area contributed by atoms with Crippen molar-refractivity contribution in [2.45, 2.75) is 294 Å². The number of rotatable bonds is 42. The van der Waals surface area contributed by atoms with Gasteiger partial charge in [-0.2, -0.15) is 0 Å². The number of hydrogen-bond acceptors (Lipinski definition) is 6. The number of fused-ring (bicyclic) bond motifs is 2. The average Bonchev–Trinajstić information content (AvgIpc) is 3.36. The Morgan fingerprint density at radius 1 is 0.301 bits per heavy atom. The average molecular weight is 1170 g/mol. The summed E-state index contributed by atoms with van der Waals surface area (Å²) in [7, 11) is -9.02. The summed E-state index contributed by atoms with van der Waals surface area (Å²) in [5, 5.41) is 3.10. The van der Waals surface area contributed by atoms with Crippen LogP contribution >= 0.6 is 0 Å². The van der Waals surface area contributed by atoms with Crippen LogP contribution in [0, 0.1) is 0 Å². The molecule has 0 spiro atoms. The molecule has 0 heterocycles. The molecule has 0 aromatic heterocycles. The van der Waals surface area contributed by atoms with Crippen LogP contribution in [0.3, 0.4) is 0 Å². The van der Waals surface area contributed by atoms with Crippen molar-refractivity contribution >= 4 is 90.7 Å². The van der Waals surface area contributed by atoms with Crippen LogP contribution in [0.1, 0.15) is 281 Å². The second kappa shape index (κ2) is 41.8. The number of aryl methyl sites for hydroxylation is 4. The quantitative estimate of drug-likeness (QED) is 0.0248. The molecule has 0 atom stereocenters. The first-order valence-corrected chi connectivity index (χ1v) is 32.8. The molecule has 0 fully saturated rings. The van der Waals surface area contributed by atoms with Gasteiger partial charge >= 0.3 is 48.9 Å². The zero-order chi connectivity index (χ0) is 52.1. The Morgan fingerprint density at radius 2 is 0.534 bits per heavy atom. The van der Waals surface area contributed by atoms with E-state index in [1.165, 1.54) is 204 Å². The van der Waals surface area contributed by atoms with Gasteiger partial charge in [0.15, 0.2) is 0 Å². The zero-order valence-corrected chi connectivity index (χ0v) is 53.1. The maximum atomic E-state index is 12.1. The number of hydrogen-bond donors (Lipinski definition) is 0. The monoisotopic (exact) mass is 1170 g/mol. The SMILES string of the molecule is CCCCCCCCCCCc1cc(S(=O)(=O)[O-])c2cccc(CCCCCCCCCCC)c2c1.CCCCCCCCCCCc1cc(S(=O)(=O)[O-])c2cccc(CCCCCCCCCCC)c2c1.[Ba+2]. The fourth-order valence-electron chi connectivity index (χ4n) is 10.6. The molecule has 0 saturated heterocycles. The third-order valence-electron chi connectivity index (χ3n) is 15.0. The van der Waals surface area contributed by atoms with Gasteiger partial charge in [0, 0.05) is 0 Å². The van der Waals surface area contributed by atoms with Gasteiger partial charge < -0.3 is 9.11 Å². The molecule has 0 aliphatic heterocycles. The first-order chi connectivity index (χ1) is 34.9. The van der Waals surface area contributed by atoms with E-state index in [1.54, 1.807) is 24.3 Å². The van der Waals surface area contributed by atoms with Gasteiger partial charge in [0.2, 0.25) is 0 Å². The number of unbranched alkanes of at least 4 members (excludes halogenated alkanes) is 32. The molecule has 0 aliphatic rings. The molecule has 408 valence electrons. The van der Waals surface area contributed by atoms with Crippen molar-refractivity contribution in [2.75, 3.05) is 0 Å². The van der Waals surface area contributed by atoms with Crippen molar-refractivity contribution in [2.24, 2.45) is 0 Å². The summed E-state index contributed by atoms with van der Waals surface area (Å²) in [5.74, 6) is 0. The first kappa shape index (κ1) is 67.9. The second-order valence-electron chi connectivity index (χ2n) is 21.4. The van der Waals surface area contributed by atoms with E-state index in [2.05, 4.69) is 52.0 Å². The van der Waals surface area contributed by atoms with Gasteiger partial charge in [-0.25, -0.2) is 16.8 Å².